The number of carbonyl (C=O) groups excluding carboxylic acids is 1. The smallest absolute Gasteiger partial charge is 0.155 e. The number of pyridine rings is 1. The molecule has 5 rings (SSSR count). The number of fused-ring (bicyclic) bond motifs is 4. The number of methoxy groups -OCH3 is 1. The third-order valence-electron chi connectivity index (χ3n) is 6.69. The Morgan fingerprint density at radius 3 is 2.33 bits per heavy atom. The summed E-state index contributed by atoms with van der Waals surface area (Å²) in [6.07, 6.45) is 7.94. The van der Waals surface area contributed by atoms with Crippen LogP contribution in [0.3, 0.4) is 0 Å². The molecule has 2 heterocycles. The Hall–Kier alpha value is -2.95. The number of rotatable bonds is 3. The van der Waals surface area contributed by atoms with E-state index >= 15 is 0 Å². The van der Waals surface area contributed by atoms with E-state index in [1.807, 2.05) is 18.3 Å². The molecule has 0 spiro atoms. The minimum Gasteiger partial charge on any atom is -0.540 e. The fourth-order valence-corrected chi connectivity index (χ4v) is 5.11. The summed E-state index contributed by atoms with van der Waals surface area (Å²) in [6, 6.07) is 9.31. The van der Waals surface area contributed by atoms with Crippen molar-refractivity contribution in [2.75, 3.05) is 7.11 Å². The number of aliphatic hydroxyl groups is 1. The van der Waals surface area contributed by atoms with E-state index in [0.29, 0.717) is 0 Å². The molecule has 0 amide bonds. The molecule has 1 radical (unpaired) electrons. The van der Waals surface area contributed by atoms with Gasteiger partial charge in [-0.3, -0.25) is 4.79 Å². The largest absolute Gasteiger partial charge is 0.540 e. The Labute approximate surface area is 225 Å². The molecular weight excluding hydrogens is 631 g/mol. The summed E-state index contributed by atoms with van der Waals surface area (Å²) in [6.45, 7) is 9.38. The molecule has 0 unspecified atom stereocenters. The van der Waals surface area contributed by atoms with Gasteiger partial charge in [-0.15, -0.1) is 29.3 Å². The van der Waals surface area contributed by atoms with E-state index in [1.165, 1.54) is 66.8 Å². The molecule has 2 aromatic heterocycles. The van der Waals surface area contributed by atoms with Gasteiger partial charge in [-0.25, -0.2) is 0 Å². The number of hydrogen-bond acceptors (Lipinski definition) is 5. The number of carbonyl (C=O) groups is 1. The minimum absolute atomic E-state index is 0. The van der Waals surface area contributed by atoms with Crippen LogP contribution in [0.25, 0.3) is 33.2 Å². The second-order valence-electron chi connectivity index (χ2n) is 9.25. The number of aryl methyl sites for hydroxylation is 3. The van der Waals surface area contributed by atoms with Crippen LogP contribution in [0.1, 0.15) is 54.5 Å². The number of nitrogens with zero attached hydrogens (tertiary/aromatic N) is 1. The van der Waals surface area contributed by atoms with Gasteiger partial charge in [0, 0.05) is 54.6 Å². The first-order chi connectivity index (χ1) is 16.7. The molecule has 0 atom stereocenters. The molecule has 0 saturated carbocycles. The quantitative estimate of drug-likeness (QED) is 0.142. The molecule has 0 fully saturated rings. The van der Waals surface area contributed by atoms with Crippen molar-refractivity contribution >= 4 is 27.7 Å². The van der Waals surface area contributed by atoms with Gasteiger partial charge in [0.25, 0.3) is 0 Å². The molecule has 191 valence electrons. The van der Waals surface area contributed by atoms with Gasteiger partial charge >= 0.3 is 0 Å². The molecule has 1 aliphatic carbocycles. The van der Waals surface area contributed by atoms with Crippen LogP contribution in [0.4, 0.5) is 0 Å². The number of allylic oxidation sites excluding steroid dienone is 2. The van der Waals surface area contributed by atoms with Gasteiger partial charge < -0.3 is 19.2 Å². The van der Waals surface area contributed by atoms with Crippen LogP contribution < -0.4 is 4.74 Å². The Kier molecular flexibility index (Phi) is 8.75. The summed E-state index contributed by atoms with van der Waals surface area (Å²) in [4.78, 5) is 14.7. The second kappa shape index (κ2) is 11.4. The van der Waals surface area contributed by atoms with Crippen molar-refractivity contribution < 1.29 is 39.2 Å². The molecule has 0 saturated heterocycles. The van der Waals surface area contributed by atoms with E-state index in [0.717, 1.165) is 45.5 Å². The molecule has 4 aromatic rings. The van der Waals surface area contributed by atoms with Gasteiger partial charge in [-0.1, -0.05) is 6.92 Å². The minimum atomic E-state index is -0.125. The standard InChI is InChI=1S/C25H24NO2.C5H8O2.Ir/c1-14-13-17(27-4)9-10-18(14)23-25-21(11-12-26-23)22-15(2)19-7-5-6-8-20(19)16(3)24(22)28-25;1-4(6)3-5(2)7;/h9,11-13H,5-8H2,1-4H3;3,6H,1-2H3;/q-1;;/b;4-3-;. The third-order valence-corrected chi connectivity index (χ3v) is 6.69. The molecular formula is C30H32IrNO4-. The maximum atomic E-state index is 10.0. The molecule has 0 bridgehead atoms. The summed E-state index contributed by atoms with van der Waals surface area (Å²) in [5, 5.41) is 10.8. The topological polar surface area (TPSA) is 72.6 Å². The summed E-state index contributed by atoms with van der Waals surface area (Å²) < 4.78 is 11.8. The number of benzene rings is 2. The predicted molar refractivity (Wildman–Crippen MR) is 140 cm³/mol. The first kappa shape index (κ1) is 27.6. The SMILES string of the molecule is CC(=O)/C=C(/C)O.COc1c[c-]c(-c2nccc3c2oc2c(C)c4c(c(C)c23)CCCC4)c(C)c1.[Ir]. The average molecular weight is 663 g/mol. The van der Waals surface area contributed by atoms with Gasteiger partial charge in [-0.2, -0.15) is 0 Å². The molecule has 6 heteroatoms. The summed E-state index contributed by atoms with van der Waals surface area (Å²) in [7, 11) is 1.67. The molecule has 5 nitrogen and oxygen atoms in total. The number of ether oxygens (including phenoxy) is 1. The molecule has 2 aromatic carbocycles. The summed E-state index contributed by atoms with van der Waals surface area (Å²) in [5.41, 5.74) is 10.5. The Morgan fingerprint density at radius 1 is 1.11 bits per heavy atom. The molecule has 1 aliphatic rings. The first-order valence-corrected chi connectivity index (χ1v) is 12.0. The monoisotopic (exact) mass is 663 g/mol. The van der Waals surface area contributed by atoms with Gasteiger partial charge in [0.15, 0.2) is 5.78 Å². The number of aromatic nitrogens is 1. The number of ketones is 1. The maximum Gasteiger partial charge on any atom is 0.155 e. The van der Waals surface area contributed by atoms with Crippen LogP contribution in [0, 0.1) is 26.8 Å². The van der Waals surface area contributed by atoms with Crippen LogP contribution in [0.2, 0.25) is 0 Å². The molecule has 0 aliphatic heterocycles. The van der Waals surface area contributed by atoms with E-state index in [4.69, 9.17) is 14.3 Å². The van der Waals surface area contributed by atoms with Crippen LogP contribution in [-0.4, -0.2) is 23.0 Å². The normalized spacial score (nSPS) is 13.0. The van der Waals surface area contributed by atoms with Crippen molar-refractivity contribution in [1.29, 1.82) is 0 Å². The Balaban J connectivity index is 0.000000400. The van der Waals surface area contributed by atoms with Gasteiger partial charge in [-0.05, 0) is 81.7 Å². The van der Waals surface area contributed by atoms with E-state index < -0.39 is 0 Å². The number of aliphatic hydroxyl groups excluding tert-OH is 1. The second-order valence-corrected chi connectivity index (χ2v) is 9.25. The van der Waals surface area contributed by atoms with Crippen molar-refractivity contribution in [3.05, 3.63) is 70.1 Å². The van der Waals surface area contributed by atoms with Gasteiger partial charge in [0.2, 0.25) is 0 Å². The van der Waals surface area contributed by atoms with E-state index in [9.17, 15) is 4.79 Å². The number of hydrogen-bond donors (Lipinski definition) is 1. The maximum absolute atomic E-state index is 10.0. The van der Waals surface area contributed by atoms with E-state index in [-0.39, 0.29) is 31.6 Å². The van der Waals surface area contributed by atoms with Crippen molar-refractivity contribution in [3.63, 3.8) is 0 Å². The zero-order chi connectivity index (χ0) is 25.3. The fraction of sp³-hybridized carbons (Fsp3) is 0.333. The van der Waals surface area contributed by atoms with Gasteiger partial charge in [0.1, 0.15) is 11.2 Å². The van der Waals surface area contributed by atoms with Gasteiger partial charge in [0.05, 0.1) is 12.9 Å². The average Bonchev–Trinajstić information content (AvgIpc) is 3.22. The Bertz CT molecular complexity index is 1460. The van der Waals surface area contributed by atoms with Crippen molar-refractivity contribution in [3.8, 4) is 17.0 Å². The van der Waals surface area contributed by atoms with E-state index in [1.54, 1.807) is 7.11 Å². The zero-order valence-electron chi connectivity index (χ0n) is 21.7. The van der Waals surface area contributed by atoms with Crippen LogP contribution >= 0.6 is 0 Å². The van der Waals surface area contributed by atoms with Crippen molar-refractivity contribution in [1.82, 2.24) is 4.98 Å². The molecule has 36 heavy (non-hydrogen) atoms. The van der Waals surface area contributed by atoms with Crippen LogP contribution in [0.15, 0.2) is 40.6 Å². The van der Waals surface area contributed by atoms with Crippen LogP contribution in [0.5, 0.6) is 5.75 Å². The summed E-state index contributed by atoms with van der Waals surface area (Å²) in [5.74, 6) is 0.741. The van der Waals surface area contributed by atoms with Crippen molar-refractivity contribution in [2.24, 2.45) is 0 Å². The predicted octanol–water partition coefficient (Wildman–Crippen LogP) is 7.30. The summed E-state index contributed by atoms with van der Waals surface area (Å²) >= 11 is 0. The van der Waals surface area contributed by atoms with Crippen molar-refractivity contribution in [2.45, 2.75) is 60.3 Å². The third kappa shape index (κ3) is 5.25. The zero-order valence-corrected chi connectivity index (χ0v) is 24.1. The number of furan rings is 1. The first-order valence-electron chi connectivity index (χ1n) is 12.0. The van der Waals surface area contributed by atoms with Crippen LogP contribution in [-0.2, 0) is 37.7 Å². The molecule has 1 N–H and O–H groups in total. The Morgan fingerprint density at radius 2 is 1.78 bits per heavy atom. The van der Waals surface area contributed by atoms with E-state index in [2.05, 4.69) is 37.9 Å². The fourth-order valence-electron chi connectivity index (χ4n) is 5.11.